The van der Waals surface area contributed by atoms with Crippen molar-refractivity contribution in [2.24, 2.45) is 5.11 Å². The van der Waals surface area contributed by atoms with E-state index >= 15 is 0 Å². The van der Waals surface area contributed by atoms with Crippen molar-refractivity contribution in [1.29, 1.82) is 0 Å². The van der Waals surface area contributed by atoms with Gasteiger partial charge in [-0.25, -0.2) is 8.42 Å². The Morgan fingerprint density at radius 2 is 2.11 bits per heavy atom. The summed E-state index contributed by atoms with van der Waals surface area (Å²) in [6, 6.07) is 0. The van der Waals surface area contributed by atoms with Crippen LogP contribution in [0.15, 0.2) is 5.11 Å². The summed E-state index contributed by atoms with van der Waals surface area (Å²) in [7, 11) is -5.01. The van der Waals surface area contributed by atoms with E-state index in [1.807, 2.05) is 0 Å². The standard InChI is InChI=1S/C6H11N3O7S.Na/c1-5(10)15-3-6(11,2-8-9-7)4-16-17(12,13)14;/h11H,2-4H2,1H3,(H,12,13,14);/q;+1/p-1. The molecule has 12 heteroatoms. The molecule has 0 spiro atoms. The minimum atomic E-state index is -5.01. The average molecular weight is 291 g/mol. The average Bonchev–Trinajstić information content (AvgIpc) is 2.20. The molecule has 98 valence electrons. The van der Waals surface area contributed by atoms with Crippen molar-refractivity contribution >= 4 is 16.4 Å². The van der Waals surface area contributed by atoms with Crippen molar-refractivity contribution in [3.05, 3.63) is 10.4 Å². The maximum absolute atomic E-state index is 10.5. The summed E-state index contributed by atoms with van der Waals surface area (Å²) < 4.78 is 38.8. The first-order valence-electron chi connectivity index (χ1n) is 4.15. The third-order valence-electron chi connectivity index (χ3n) is 1.44. The number of nitrogens with zero attached hydrogens (tertiary/aromatic N) is 3. The first-order valence-corrected chi connectivity index (χ1v) is 5.49. The monoisotopic (exact) mass is 291 g/mol. The minimum absolute atomic E-state index is 0. The number of carbonyl (C=O) groups excluding carboxylic acids is 1. The fourth-order valence-electron chi connectivity index (χ4n) is 0.714. The molecule has 10 nitrogen and oxygen atoms in total. The van der Waals surface area contributed by atoms with E-state index in [9.17, 15) is 22.9 Å². The first-order chi connectivity index (χ1) is 7.68. The number of esters is 1. The number of azide groups is 1. The Bertz CT molecular complexity index is 421. The second kappa shape index (κ2) is 8.67. The van der Waals surface area contributed by atoms with E-state index in [4.69, 9.17) is 5.53 Å². The molecule has 0 amide bonds. The van der Waals surface area contributed by atoms with Crippen LogP contribution in [0.4, 0.5) is 0 Å². The molecule has 1 N–H and O–H groups in total. The van der Waals surface area contributed by atoms with Gasteiger partial charge in [0.15, 0.2) is 0 Å². The van der Waals surface area contributed by atoms with Gasteiger partial charge >= 0.3 is 35.5 Å². The van der Waals surface area contributed by atoms with Gasteiger partial charge in [0.2, 0.25) is 10.4 Å². The van der Waals surface area contributed by atoms with E-state index in [0.717, 1.165) is 6.92 Å². The molecule has 1 unspecified atom stereocenters. The summed E-state index contributed by atoms with van der Waals surface area (Å²) in [5.41, 5.74) is 5.98. The normalized spacial score (nSPS) is 13.7. The zero-order chi connectivity index (χ0) is 13.5. The van der Waals surface area contributed by atoms with Crippen molar-refractivity contribution in [1.82, 2.24) is 0 Å². The molecule has 0 aliphatic rings. The zero-order valence-electron chi connectivity index (χ0n) is 9.77. The van der Waals surface area contributed by atoms with E-state index in [0.29, 0.717) is 0 Å². The van der Waals surface area contributed by atoms with E-state index in [-0.39, 0.29) is 29.6 Å². The maximum Gasteiger partial charge on any atom is 1.00 e. The number of hydrogen-bond donors (Lipinski definition) is 1. The van der Waals surface area contributed by atoms with Crippen molar-refractivity contribution in [3.8, 4) is 0 Å². The predicted molar refractivity (Wildman–Crippen MR) is 51.2 cm³/mol. The van der Waals surface area contributed by atoms with Gasteiger partial charge in [0.1, 0.15) is 12.2 Å². The molecule has 0 rings (SSSR count). The summed E-state index contributed by atoms with van der Waals surface area (Å²) in [6.07, 6.45) is 0. The Kier molecular flexibility index (Phi) is 9.60. The summed E-state index contributed by atoms with van der Waals surface area (Å²) in [5.74, 6) is -0.741. The Morgan fingerprint density at radius 1 is 1.56 bits per heavy atom. The molecule has 0 aromatic heterocycles. The van der Waals surface area contributed by atoms with Crippen LogP contribution in [-0.2, 0) is 24.1 Å². The van der Waals surface area contributed by atoms with Crippen LogP contribution < -0.4 is 29.6 Å². The molecule has 18 heavy (non-hydrogen) atoms. The second-order valence-corrected chi connectivity index (χ2v) is 4.12. The number of ether oxygens (including phenoxy) is 1. The minimum Gasteiger partial charge on any atom is -0.726 e. The van der Waals surface area contributed by atoms with Crippen LogP contribution in [0.3, 0.4) is 0 Å². The smallest absolute Gasteiger partial charge is 0.726 e. The van der Waals surface area contributed by atoms with E-state index < -0.39 is 41.7 Å². The zero-order valence-corrected chi connectivity index (χ0v) is 12.6. The van der Waals surface area contributed by atoms with Gasteiger partial charge in [0, 0.05) is 11.8 Å². The summed E-state index contributed by atoms with van der Waals surface area (Å²) in [4.78, 5) is 12.8. The Morgan fingerprint density at radius 3 is 2.50 bits per heavy atom. The molecule has 1 atom stereocenters. The number of rotatable bonds is 7. The molecular weight excluding hydrogens is 281 g/mol. The molecule has 0 saturated heterocycles. The predicted octanol–water partition coefficient (Wildman–Crippen LogP) is -3.93. The largest absolute Gasteiger partial charge is 1.00 e. The molecule has 0 aliphatic heterocycles. The Hall–Kier alpha value is -0.390. The van der Waals surface area contributed by atoms with Gasteiger partial charge in [0.05, 0.1) is 13.2 Å². The maximum atomic E-state index is 10.5. The van der Waals surface area contributed by atoms with Gasteiger partial charge in [-0.05, 0) is 5.53 Å². The molecule has 0 fully saturated rings. The van der Waals surface area contributed by atoms with Gasteiger partial charge in [-0.15, -0.1) is 0 Å². The van der Waals surface area contributed by atoms with Crippen LogP contribution in [0.2, 0.25) is 0 Å². The summed E-state index contributed by atoms with van der Waals surface area (Å²) in [6.45, 7) is -1.21. The molecule has 0 radical (unpaired) electrons. The summed E-state index contributed by atoms with van der Waals surface area (Å²) >= 11 is 0. The SMILES string of the molecule is CC(=O)OCC(O)(CN=[N+]=[N-])COS(=O)(=O)[O-].[Na+]. The molecule has 0 aromatic carbocycles. The van der Waals surface area contributed by atoms with Gasteiger partial charge in [-0.1, -0.05) is 5.11 Å². The van der Waals surface area contributed by atoms with E-state index in [1.54, 1.807) is 0 Å². The van der Waals surface area contributed by atoms with Crippen LogP contribution in [0.5, 0.6) is 0 Å². The van der Waals surface area contributed by atoms with Gasteiger partial charge in [0.25, 0.3) is 0 Å². The van der Waals surface area contributed by atoms with Crippen LogP contribution in [0.1, 0.15) is 6.92 Å². The summed E-state index contributed by atoms with van der Waals surface area (Å²) in [5, 5.41) is 12.7. The molecule has 0 saturated carbocycles. The number of aliphatic hydroxyl groups is 1. The molecule has 0 bridgehead atoms. The van der Waals surface area contributed by atoms with Gasteiger partial charge in [-0.3, -0.25) is 8.98 Å². The molecule has 0 aliphatic carbocycles. The first kappa shape index (κ1) is 19.9. The Labute approximate surface area is 125 Å². The second-order valence-electron chi connectivity index (χ2n) is 3.06. The van der Waals surface area contributed by atoms with Crippen molar-refractivity contribution in [3.63, 3.8) is 0 Å². The van der Waals surface area contributed by atoms with Gasteiger partial charge < -0.3 is 14.4 Å². The fraction of sp³-hybridized carbons (Fsp3) is 0.833. The third kappa shape index (κ3) is 10.7. The van der Waals surface area contributed by atoms with Gasteiger partial charge in [-0.2, -0.15) is 0 Å². The topological polar surface area (TPSA) is 162 Å². The fourth-order valence-corrected chi connectivity index (χ4v) is 1.08. The van der Waals surface area contributed by atoms with Crippen molar-refractivity contribution in [2.45, 2.75) is 12.5 Å². The molecule has 0 aromatic rings. The number of hydrogen-bond acceptors (Lipinski definition) is 8. The quantitative estimate of drug-likeness (QED) is 0.0952. The van der Waals surface area contributed by atoms with E-state index in [1.165, 1.54) is 0 Å². The molecule has 0 heterocycles. The molecular formula is C6H10N3NaO7S. The number of carbonyl (C=O) groups is 1. The van der Waals surface area contributed by atoms with Crippen LogP contribution in [0.25, 0.3) is 10.4 Å². The van der Waals surface area contributed by atoms with Crippen LogP contribution in [-0.4, -0.2) is 49.4 Å². The van der Waals surface area contributed by atoms with E-state index in [2.05, 4.69) is 18.9 Å². The Balaban J connectivity index is 0. The van der Waals surface area contributed by atoms with Crippen molar-refractivity contribution < 1.29 is 61.3 Å². The van der Waals surface area contributed by atoms with Crippen molar-refractivity contribution in [2.75, 3.05) is 19.8 Å². The van der Waals surface area contributed by atoms with Crippen LogP contribution >= 0.6 is 0 Å². The third-order valence-corrected chi connectivity index (χ3v) is 1.85. The van der Waals surface area contributed by atoms with Crippen LogP contribution in [0, 0.1) is 0 Å².